The number of rotatable bonds is 4. The molecule has 1 unspecified atom stereocenters. The average Bonchev–Trinajstić information content (AvgIpc) is 2.60. The average molecular weight is 197 g/mol. The first-order chi connectivity index (χ1) is 6.65. The van der Waals surface area contributed by atoms with Crippen LogP contribution >= 0.6 is 0 Å². The number of aryl methyl sites for hydroxylation is 1. The van der Waals surface area contributed by atoms with Crippen molar-refractivity contribution in [3.63, 3.8) is 0 Å². The van der Waals surface area contributed by atoms with Gasteiger partial charge in [0.15, 0.2) is 6.39 Å². The minimum absolute atomic E-state index is 0.0119. The number of carbonyl (C=O) groups is 1. The molecule has 1 aromatic heterocycles. The van der Waals surface area contributed by atoms with Crippen molar-refractivity contribution >= 4 is 5.91 Å². The number of amides is 1. The fraction of sp³-hybridized carbons (Fsp3) is 0.556. The number of carbonyl (C=O) groups excluding carboxylic acids is 1. The summed E-state index contributed by atoms with van der Waals surface area (Å²) in [5.74, 6) is -0.00259. The number of aromatic nitrogens is 1. The van der Waals surface area contributed by atoms with E-state index < -0.39 is 0 Å². The van der Waals surface area contributed by atoms with E-state index in [1.165, 1.54) is 6.39 Å². The van der Waals surface area contributed by atoms with Crippen LogP contribution in [-0.4, -0.2) is 23.5 Å². The zero-order valence-corrected chi connectivity index (χ0v) is 8.41. The van der Waals surface area contributed by atoms with Gasteiger partial charge < -0.3 is 15.5 Å². The molecular formula is C9H15N3O2. The SMILES string of the molecule is CCC(N)CNC(=O)c1ocnc1C. The first-order valence-electron chi connectivity index (χ1n) is 4.59. The molecule has 0 fully saturated rings. The molecule has 0 aliphatic carbocycles. The van der Waals surface area contributed by atoms with Gasteiger partial charge in [0, 0.05) is 12.6 Å². The Morgan fingerprint density at radius 3 is 3.00 bits per heavy atom. The summed E-state index contributed by atoms with van der Waals surface area (Å²) in [6, 6.07) is -0.0119. The van der Waals surface area contributed by atoms with Gasteiger partial charge in [-0.15, -0.1) is 0 Å². The van der Waals surface area contributed by atoms with Gasteiger partial charge >= 0.3 is 0 Å². The Hall–Kier alpha value is -1.36. The molecule has 0 aliphatic heterocycles. The lowest BCUT2D eigenvalue weighted by molar-refractivity contribution is 0.0922. The molecule has 1 rings (SSSR count). The molecule has 5 heteroatoms. The summed E-state index contributed by atoms with van der Waals surface area (Å²) in [6.07, 6.45) is 2.08. The highest BCUT2D eigenvalue weighted by atomic mass is 16.3. The Kier molecular flexibility index (Phi) is 3.64. The maximum atomic E-state index is 11.4. The summed E-state index contributed by atoms with van der Waals surface area (Å²) in [6.45, 7) is 4.14. The van der Waals surface area contributed by atoms with Crippen molar-refractivity contribution in [3.8, 4) is 0 Å². The van der Waals surface area contributed by atoms with Crippen LogP contribution in [0.1, 0.15) is 29.6 Å². The fourth-order valence-electron chi connectivity index (χ4n) is 0.968. The molecule has 78 valence electrons. The summed E-state index contributed by atoms with van der Waals surface area (Å²) in [5.41, 5.74) is 6.24. The Morgan fingerprint density at radius 1 is 1.79 bits per heavy atom. The van der Waals surface area contributed by atoms with Crippen LogP contribution in [0, 0.1) is 6.92 Å². The van der Waals surface area contributed by atoms with Crippen LogP contribution in [0.4, 0.5) is 0 Å². The molecule has 0 spiro atoms. The molecule has 14 heavy (non-hydrogen) atoms. The highest BCUT2D eigenvalue weighted by molar-refractivity contribution is 5.92. The van der Waals surface area contributed by atoms with E-state index >= 15 is 0 Å². The minimum Gasteiger partial charge on any atom is -0.438 e. The molecule has 1 amide bonds. The summed E-state index contributed by atoms with van der Waals surface area (Å²) in [5, 5.41) is 2.68. The lowest BCUT2D eigenvalue weighted by atomic mass is 10.2. The Bertz CT molecular complexity index is 309. The monoisotopic (exact) mass is 197 g/mol. The Morgan fingerprint density at radius 2 is 2.50 bits per heavy atom. The maximum absolute atomic E-state index is 11.4. The zero-order chi connectivity index (χ0) is 10.6. The van der Waals surface area contributed by atoms with Crippen LogP contribution in [0.2, 0.25) is 0 Å². The van der Waals surface area contributed by atoms with Crippen molar-refractivity contribution in [2.45, 2.75) is 26.3 Å². The van der Waals surface area contributed by atoms with E-state index in [0.29, 0.717) is 12.2 Å². The highest BCUT2D eigenvalue weighted by Crippen LogP contribution is 2.03. The van der Waals surface area contributed by atoms with Crippen molar-refractivity contribution in [1.82, 2.24) is 10.3 Å². The molecule has 1 heterocycles. The Labute approximate surface area is 82.7 Å². The third-order valence-corrected chi connectivity index (χ3v) is 2.00. The second kappa shape index (κ2) is 4.76. The van der Waals surface area contributed by atoms with E-state index in [1.807, 2.05) is 6.92 Å². The quantitative estimate of drug-likeness (QED) is 0.734. The molecule has 0 aliphatic rings. The van der Waals surface area contributed by atoms with Gasteiger partial charge in [-0.1, -0.05) is 6.92 Å². The van der Waals surface area contributed by atoms with Gasteiger partial charge in [0.2, 0.25) is 5.76 Å². The first-order valence-corrected chi connectivity index (χ1v) is 4.59. The molecule has 1 aromatic rings. The molecule has 5 nitrogen and oxygen atoms in total. The van der Waals surface area contributed by atoms with Crippen LogP contribution in [0.25, 0.3) is 0 Å². The van der Waals surface area contributed by atoms with Gasteiger partial charge in [0.25, 0.3) is 5.91 Å². The first kappa shape index (κ1) is 10.7. The summed E-state index contributed by atoms with van der Waals surface area (Å²) in [4.78, 5) is 15.3. The third kappa shape index (κ3) is 2.56. The van der Waals surface area contributed by atoms with Gasteiger partial charge in [-0.05, 0) is 13.3 Å². The van der Waals surface area contributed by atoms with Crippen molar-refractivity contribution in [1.29, 1.82) is 0 Å². The van der Waals surface area contributed by atoms with Gasteiger partial charge in [-0.25, -0.2) is 4.98 Å². The lowest BCUT2D eigenvalue weighted by Crippen LogP contribution is -2.36. The van der Waals surface area contributed by atoms with E-state index in [1.54, 1.807) is 6.92 Å². The minimum atomic E-state index is -0.260. The van der Waals surface area contributed by atoms with E-state index in [-0.39, 0.29) is 17.7 Å². The van der Waals surface area contributed by atoms with Crippen LogP contribution in [0.5, 0.6) is 0 Å². The summed E-state index contributed by atoms with van der Waals surface area (Å²) < 4.78 is 4.93. The normalized spacial score (nSPS) is 12.5. The third-order valence-electron chi connectivity index (χ3n) is 2.00. The highest BCUT2D eigenvalue weighted by Gasteiger charge is 2.13. The number of oxazole rings is 1. The molecule has 0 radical (unpaired) electrons. The van der Waals surface area contributed by atoms with E-state index in [2.05, 4.69) is 10.3 Å². The van der Waals surface area contributed by atoms with Crippen molar-refractivity contribution in [3.05, 3.63) is 17.8 Å². The molecule has 1 atom stereocenters. The van der Waals surface area contributed by atoms with Crippen LogP contribution in [0.15, 0.2) is 10.8 Å². The number of nitrogens with two attached hydrogens (primary N) is 1. The van der Waals surface area contributed by atoms with Crippen LogP contribution in [-0.2, 0) is 0 Å². The summed E-state index contributed by atoms with van der Waals surface area (Å²) in [7, 11) is 0. The number of nitrogens with zero attached hydrogens (tertiary/aromatic N) is 1. The second-order valence-corrected chi connectivity index (χ2v) is 3.15. The van der Waals surface area contributed by atoms with Crippen LogP contribution < -0.4 is 11.1 Å². The van der Waals surface area contributed by atoms with E-state index in [4.69, 9.17) is 10.2 Å². The van der Waals surface area contributed by atoms with Gasteiger partial charge in [0.05, 0.1) is 5.69 Å². The molecule has 0 bridgehead atoms. The molecule has 0 aromatic carbocycles. The zero-order valence-electron chi connectivity index (χ0n) is 8.41. The van der Waals surface area contributed by atoms with Crippen LogP contribution in [0.3, 0.4) is 0 Å². The second-order valence-electron chi connectivity index (χ2n) is 3.15. The molecular weight excluding hydrogens is 182 g/mol. The number of hydrogen-bond donors (Lipinski definition) is 2. The molecule has 0 saturated carbocycles. The lowest BCUT2D eigenvalue weighted by Gasteiger charge is -2.08. The van der Waals surface area contributed by atoms with Crippen molar-refractivity contribution < 1.29 is 9.21 Å². The Balaban J connectivity index is 2.47. The summed E-state index contributed by atoms with van der Waals surface area (Å²) >= 11 is 0. The number of nitrogens with one attached hydrogen (secondary N) is 1. The molecule has 3 N–H and O–H groups in total. The maximum Gasteiger partial charge on any atom is 0.289 e. The van der Waals surface area contributed by atoms with Gasteiger partial charge in [-0.2, -0.15) is 0 Å². The number of hydrogen-bond acceptors (Lipinski definition) is 4. The van der Waals surface area contributed by atoms with E-state index in [0.717, 1.165) is 6.42 Å². The standard InChI is InChI=1S/C9H15N3O2/c1-3-7(10)4-11-9(13)8-6(2)12-5-14-8/h5,7H,3-4,10H2,1-2H3,(H,11,13). The smallest absolute Gasteiger partial charge is 0.289 e. The van der Waals surface area contributed by atoms with Crippen molar-refractivity contribution in [2.24, 2.45) is 5.73 Å². The topological polar surface area (TPSA) is 81.1 Å². The van der Waals surface area contributed by atoms with Gasteiger partial charge in [0.1, 0.15) is 0 Å². The predicted molar refractivity (Wildman–Crippen MR) is 51.8 cm³/mol. The van der Waals surface area contributed by atoms with Crippen molar-refractivity contribution in [2.75, 3.05) is 6.54 Å². The predicted octanol–water partition coefficient (Wildman–Crippen LogP) is 0.450. The largest absolute Gasteiger partial charge is 0.438 e. The fourth-order valence-corrected chi connectivity index (χ4v) is 0.968. The molecule has 0 saturated heterocycles. The van der Waals surface area contributed by atoms with E-state index in [9.17, 15) is 4.79 Å². The van der Waals surface area contributed by atoms with Gasteiger partial charge in [-0.3, -0.25) is 4.79 Å².